The van der Waals surface area contributed by atoms with Gasteiger partial charge in [0, 0.05) is 35.9 Å². The highest BCUT2D eigenvalue weighted by Crippen LogP contribution is 2.40. The summed E-state index contributed by atoms with van der Waals surface area (Å²) in [6, 6.07) is 7.00. The van der Waals surface area contributed by atoms with Crippen molar-refractivity contribution in [3.63, 3.8) is 0 Å². The van der Waals surface area contributed by atoms with Crippen LogP contribution in [-0.4, -0.2) is 25.5 Å². The van der Waals surface area contributed by atoms with Crippen LogP contribution < -0.4 is 0 Å². The van der Waals surface area contributed by atoms with Gasteiger partial charge in [0.1, 0.15) is 5.82 Å². The van der Waals surface area contributed by atoms with E-state index in [0.717, 1.165) is 42.8 Å². The molecule has 2 aliphatic heterocycles. The summed E-state index contributed by atoms with van der Waals surface area (Å²) in [6.07, 6.45) is 4.41. The predicted molar refractivity (Wildman–Crippen MR) is 91.2 cm³/mol. The van der Waals surface area contributed by atoms with Crippen LogP contribution in [-0.2, 0) is 4.74 Å². The number of dihydropyridines is 1. The second kappa shape index (κ2) is 7.05. The van der Waals surface area contributed by atoms with Crippen molar-refractivity contribution in [3.05, 3.63) is 46.2 Å². The minimum Gasteiger partial charge on any atom is -0.381 e. The molecule has 1 saturated heterocycles. The first kappa shape index (κ1) is 15.9. The molecule has 2 unspecified atom stereocenters. The highest BCUT2D eigenvalue weighted by Gasteiger charge is 2.32. The molecule has 2 atom stereocenters. The van der Waals surface area contributed by atoms with E-state index >= 15 is 0 Å². The number of hydrogen-bond donors (Lipinski definition) is 0. The number of hydrogen-bond acceptors (Lipinski definition) is 2. The molecule has 2 aliphatic rings. The lowest BCUT2D eigenvalue weighted by molar-refractivity contribution is 0.0531. The van der Waals surface area contributed by atoms with Gasteiger partial charge in [0.15, 0.2) is 0 Å². The van der Waals surface area contributed by atoms with Crippen molar-refractivity contribution in [1.29, 1.82) is 0 Å². The Kier molecular flexibility index (Phi) is 5.09. The van der Waals surface area contributed by atoms with Crippen LogP contribution in [0.4, 0.5) is 4.39 Å². The fourth-order valence-electron chi connectivity index (χ4n) is 3.53. The molecule has 1 aromatic carbocycles. The Morgan fingerprint density at radius 2 is 1.91 bits per heavy atom. The van der Waals surface area contributed by atoms with E-state index in [1.807, 2.05) is 19.1 Å². The molecule has 0 spiro atoms. The molecule has 0 aromatic heterocycles. The van der Waals surface area contributed by atoms with Crippen LogP contribution >= 0.6 is 15.9 Å². The number of aliphatic imine (C=N–C) groups is 1. The second-order valence-corrected chi connectivity index (χ2v) is 6.99. The Hall–Kier alpha value is -1.00. The zero-order valence-corrected chi connectivity index (χ0v) is 14.4. The van der Waals surface area contributed by atoms with Crippen LogP contribution in [0.2, 0.25) is 0 Å². The minimum absolute atomic E-state index is 0.177. The van der Waals surface area contributed by atoms with Gasteiger partial charge in [-0.25, -0.2) is 4.39 Å². The third kappa shape index (κ3) is 3.49. The number of benzene rings is 1. The lowest BCUT2D eigenvalue weighted by Gasteiger charge is -2.36. The third-order valence-electron chi connectivity index (χ3n) is 4.74. The number of nitrogens with zero attached hydrogens (tertiary/aromatic N) is 1. The van der Waals surface area contributed by atoms with Gasteiger partial charge in [-0.3, -0.25) is 4.99 Å². The Morgan fingerprint density at radius 1 is 1.23 bits per heavy atom. The highest BCUT2D eigenvalue weighted by atomic mass is 79.9. The molecule has 0 bridgehead atoms. The van der Waals surface area contributed by atoms with Gasteiger partial charge in [-0.05, 0) is 65.2 Å². The zero-order valence-electron chi connectivity index (χ0n) is 12.8. The topological polar surface area (TPSA) is 21.6 Å². The molecule has 2 heterocycles. The predicted octanol–water partition coefficient (Wildman–Crippen LogP) is 4.71. The van der Waals surface area contributed by atoms with Crippen LogP contribution in [0.3, 0.4) is 0 Å². The number of allylic oxidation sites excluding steroid dienone is 1. The van der Waals surface area contributed by atoms with Gasteiger partial charge in [0.05, 0.1) is 0 Å². The van der Waals surface area contributed by atoms with Gasteiger partial charge >= 0.3 is 0 Å². The van der Waals surface area contributed by atoms with Crippen LogP contribution in [0.15, 0.2) is 39.8 Å². The number of halogens is 2. The van der Waals surface area contributed by atoms with Crippen molar-refractivity contribution in [3.8, 4) is 0 Å². The first-order valence-corrected chi connectivity index (χ1v) is 8.66. The Labute approximate surface area is 139 Å². The van der Waals surface area contributed by atoms with Crippen molar-refractivity contribution in [2.45, 2.75) is 25.7 Å². The smallest absolute Gasteiger partial charge is 0.123 e. The number of ether oxygens (including phenoxy) is 1. The molecule has 0 radical (unpaired) electrons. The maximum Gasteiger partial charge on any atom is 0.123 e. The fraction of sp³-hybridized carbons (Fsp3) is 0.500. The average molecular weight is 366 g/mol. The van der Waals surface area contributed by atoms with Crippen molar-refractivity contribution in [2.75, 3.05) is 19.8 Å². The molecule has 1 aromatic rings. The lowest BCUT2D eigenvalue weighted by Crippen LogP contribution is -2.29. The second-order valence-electron chi connectivity index (χ2n) is 6.13. The first-order valence-electron chi connectivity index (χ1n) is 7.87. The molecule has 22 heavy (non-hydrogen) atoms. The standard InChI is InChI=1S/C18H21BrFNO/c1-12-17(19)10-15(11-21-12)18(14-6-8-22-9-7-14)13-2-4-16(20)5-3-13/h2-5,10,14-15,18H,6-9,11H2,1H3. The van der Waals surface area contributed by atoms with Gasteiger partial charge in [-0.2, -0.15) is 0 Å². The zero-order chi connectivity index (χ0) is 15.5. The minimum atomic E-state index is -0.177. The molecule has 0 N–H and O–H groups in total. The highest BCUT2D eigenvalue weighted by molar-refractivity contribution is 9.12. The molecular weight excluding hydrogens is 345 g/mol. The van der Waals surface area contributed by atoms with Crippen LogP contribution in [0.5, 0.6) is 0 Å². The molecule has 0 saturated carbocycles. The van der Waals surface area contributed by atoms with Gasteiger partial charge in [-0.15, -0.1) is 0 Å². The Balaban J connectivity index is 1.90. The van der Waals surface area contributed by atoms with E-state index in [-0.39, 0.29) is 5.82 Å². The molecule has 3 rings (SSSR count). The van der Waals surface area contributed by atoms with Gasteiger partial charge in [0.25, 0.3) is 0 Å². The van der Waals surface area contributed by atoms with Crippen molar-refractivity contribution < 1.29 is 9.13 Å². The van der Waals surface area contributed by atoms with Gasteiger partial charge < -0.3 is 4.74 Å². The Morgan fingerprint density at radius 3 is 2.55 bits per heavy atom. The van der Waals surface area contributed by atoms with Crippen LogP contribution in [0.25, 0.3) is 0 Å². The van der Waals surface area contributed by atoms with E-state index in [2.05, 4.69) is 27.0 Å². The number of rotatable bonds is 3. The van der Waals surface area contributed by atoms with Crippen molar-refractivity contribution in [2.24, 2.45) is 16.8 Å². The summed E-state index contributed by atoms with van der Waals surface area (Å²) in [5.74, 6) is 1.11. The summed E-state index contributed by atoms with van der Waals surface area (Å²) < 4.78 is 19.9. The van der Waals surface area contributed by atoms with Crippen molar-refractivity contribution in [1.82, 2.24) is 0 Å². The SMILES string of the molecule is CC1=NCC(C(c2ccc(F)cc2)C2CCOCC2)C=C1Br. The van der Waals surface area contributed by atoms with E-state index in [4.69, 9.17) is 4.74 Å². The molecule has 2 nitrogen and oxygen atoms in total. The maximum atomic E-state index is 13.3. The van der Waals surface area contributed by atoms with E-state index < -0.39 is 0 Å². The largest absolute Gasteiger partial charge is 0.381 e. The van der Waals surface area contributed by atoms with Crippen LogP contribution in [0, 0.1) is 17.7 Å². The van der Waals surface area contributed by atoms with E-state index in [1.54, 1.807) is 12.1 Å². The monoisotopic (exact) mass is 365 g/mol. The molecule has 118 valence electrons. The van der Waals surface area contributed by atoms with Gasteiger partial charge in [0.2, 0.25) is 0 Å². The quantitative estimate of drug-likeness (QED) is 0.760. The summed E-state index contributed by atoms with van der Waals surface area (Å²) >= 11 is 3.62. The molecular formula is C18H21BrFNO. The summed E-state index contributed by atoms with van der Waals surface area (Å²) in [7, 11) is 0. The molecule has 0 amide bonds. The van der Waals surface area contributed by atoms with E-state index in [9.17, 15) is 4.39 Å². The summed E-state index contributed by atoms with van der Waals surface area (Å²) in [5.41, 5.74) is 2.27. The maximum absolute atomic E-state index is 13.3. The Bertz CT molecular complexity index is 575. The molecule has 4 heteroatoms. The normalized spacial score (nSPS) is 24.6. The summed E-state index contributed by atoms with van der Waals surface area (Å²) in [5, 5.41) is 0. The van der Waals surface area contributed by atoms with E-state index in [0.29, 0.717) is 17.8 Å². The molecule has 1 fully saturated rings. The summed E-state index contributed by atoms with van der Waals surface area (Å²) in [4.78, 5) is 4.65. The fourth-order valence-corrected chi connectivity index (χ4v) is 3.99. The molecule has 0 aliphatic carbocycles. The third-order valence-corrected chi connectivity index (χ3v) is 5.57. The average Bonchev–Trinajstić information content (AvgIpc) is 2.54. The van der Waals surface area contributed by atoms with E-state index in [1.165, 1.54) is 5.56 Å². The van der Waals surface area contributed by atoms with Gasteiger partial charge in [-0.1, -0.05) is 18.2 Å². The van der Waals surface area contributed by atoms with Crippen LogP contribution in [0.1, 0.15) is 31.2 Å². The van der Waals surface area contributed by atoms with Crippen molar-refractivity contribution >= 4 is 21.6 Å². The lowest BCUT2D eigenvalue weighted by atomic mass is 9.73. The first-order chi connectivity index (χ1) is 10.6. The summed E-state index contributed by atoms with van der Waals surface area (Å²) in [6.45, 7) is 4.48.